The highest BCUT2D eigenvalue weighted by Gasteiger charge is 2.35. The number of fused-ring (bicyclic) bond motifs is 3. The van der Waals surface area contributed by atoms with Gasteiger partial charge in [0, 0.05) is 27.8 Å². The summed E-state index contributed by atoms with van der Waals surface area (Å²) in [6.07, 6.45) is 0. The molecular weight excluding hydrogens is 645 g/mol. The molecule has 7 aromatic carbocycles. The zero-order valence-corrected chi connectivity index (χ0v) is 28.3. The van der Waals surface area contributed by atoms with Crippen LogP contribution < -0.4 is 0 Å². The lowest BCUT2D eigenvalue weighted by molar-refractivity contribution is 0.598. The Morgan fingerprint density at radius 1 is 0.333 bits per heavy atom. The van der Waals surface area contributed by atoms with Crippen LogP contribution in [-0.4, -0.2) is 18.4 Å². The fourth-order valence-electron chi connectivity index (χ4n) is 6.90. The van der Waals surface area contributed by atoms with E-state index in [0.717, 1.165) is 55.9 Å². The Labute approximate surface area is 297 Å². The number of hydrogen-bond acceptors (Lipinski definition) is 4. The Balaban J connectivity index is 1.18. The fraction of sp³-hybridized carbons (Fsp3) is 0. The van der Waals surface area contributed by atoms with Crippen molar-refractivity contribution in [2.45, 2.75) is 9.79 Å². The highest BCUT2D eigenvalue weighted by Crippen LogP contribution is 2.49. The van der Waals surface area contributed by atoms with Crippen molar-refractivity contribution in [1.29, 1.82) is 0 Å². The van der Waals surface area contributed by atoms with Crippen LogP contribution in [0.1, 0.15) is 0 Å². The largest absolute Gasteiger partial charge is 0.228 e. The third kappa shape index (κ3) is 5.54. The number of benzene rings is 7. The predicted octanol–water partition coefficient (Wildman–Crippen LogP) is 11.3. The van der Waals surface area contributed by atoms with Gasteiger partial charge in [-0.25, -0.2) is 18.4 Å². The topological polar surface area (TPSA) is 59.9 Å². The summed E-state index contributed by atoms with van der Waals surface area (Å²) < 4.78 is 28.0. The van der Waals surface area contributed by atoms with Crippen LogP contribution in [-0.2, 0) is 9.84 Å². The first-order chi connectivity index (χ1) is 25.0. The molecule has 242 valence electrons. The second-order valence-corrected chi connectivity index (χ2v) is 14.5. The highest BCUT2D eigenvalue weighted by atomic mass is 32.2. The Morgan fingerprint density at radius 2 is 0.765 bits per heavy atom. The van der Waals surface area contributed by atoms with Gasteiger partial charge in [-0.3, -0.25) is 0 Å². The molecule has 0 N–H and O–H groups in total. The van der Waals surface area contributed by atoms with E-state index in [1.807, 2.05) is 91.0 Å². The van der Waals surface area contributed by atoms with Gasteiger partial charge in [0.05, 0.1) is 21.2 Å². The molecule has 0 bridgehead atoms. The molecule has 0 fully saturated rings. The van der Waals surface area contributed by atoms with Gasteiger partial charge in [-0.15, -0.1) is 0 Å². The summed E-state index contributed by atoms with van der Waals surface area (Å²) in [5, 5.41) is 0. The smallest absolute Gasteiger partial charge is 0.207 e. The molecule has 0 atom stereocenters. The lowest BCUT2D eigenvalue weighted by Crippen LogP contribution is -1.99. The van der Waals surface area contributed by atoms with Crippen LogP contribution in [0, 0.1) is 0 Å². The first kappa shape index (κ1) is 30.6. The number of hydrogen-bond donors (Lipinski definition) is 0. The molecule has 0 unspecified atom stereocenters. The molecule has 9 rings (SSSR count). The maximum atomic E-state index is 14.0. The molecule has 0 aliphatic carbocycles. The van der Waals surface area contributed by atoms with Crippen LogP contribution in [0.25, 0.3) is 78.4 Å². The molecule has 8 aromatic rings. The van der Waals surface area contributed by atoms with Crippen molar-refractivity contribution in [3.8, 4) is 78.4 Å². The first-order valence-electron chi connectivity index (χ1n) is 16.8. The van der Waals surface area contributed by atoms with Crippen LogP contribution in [0.3, 0.4) is 0 Å². The number of rotatable bonds is 6. The summed E-state index contributed by atoms with van der Waals surface area (Å²) in [7, 11) is -3.75. The number of aromatic nitrogens is 2. The van der Waals surface area contributed by atoms with Gasteiger partial charge in [-0.2, -0.15) is 0 Å². The predicted molar refractivity (Wildman–Crippen MR) is 206 cm³/mol. The zero-order valence-electron chi connectivity index (χ0n) is 27.4. The lowest BCUT2D eigenvalue weighted by atomic mass is 9.94. The molecule has 1 aliphatic rings. The SMILES string of the molecule is O=S1(=O)c2ccc(-c3ccc(-c4ccccc4)cc3)cc2-c2c(-c3nc(-c4ccccc4)cc(-c4ccc(-c5ccccc5)cc4)n3)cccc21. The Morgan fingerprint density at radius 3 is 1.31 bits per heavy atom. The van der Waals surface area contributed by atoms with Crippen molar-refractivity contribution in [3.05, 3.63) is 182 Å². The Hall–Kier alpha value is -6.43. The Bertz CT molecular complexity index is 2660. The van der Waals surface area contributed by atoms with E-state index in [-0.39, 0.29) is 4.90 Å². The van der Waals surface area contributed by atoms with E-state index in [2.05, 4.69) is 72.8 Å². The van der Waals surface area contributed by atoms with Gasteiger partial charge in [-0.1, -0.05) is 158 Å². The van der Waals surface area contributed by atoms with Crippen molar-refractivity contribution < 1.29 is 8.42 Å². The minimum absolute atomic E-state index is 0.272. The van der Waals surface area contributed by atoms with Crippen molar-refractivity contribution in [1.82, 2.24) is 9.97 Å². The van der Waals surface area contributed by atoms with Gasteiger partial charge in [0.1, 0.15) is 0 Å². The van der Waals surface area contributed by atoms with E-state index in [0.29, 0.717) is 27.4 Å². The third-order valence-corrected chi connectivity index (χ3v) is 11.4. The molecule has 0 saturated carbocycles. The first-order valence-corrected chi connectivity index (χ1v) is 18.3. The molecule has 51 heavy (non-hydrogen) atoms. The summed E-state index contributed by atoms with van der Waals surface area (Å²) in [6, 6.07) is 60.3. The third-order valence-electron chi connectivity index (χ3n) is 9.50. The average Bonchev–Trinajstić information content (AvgIpc) is 3.44. The van der Waals surface area contributed by atoms with Gasteiger partial charge in [0.2, 0.25) is 9.84 Å². The molecule has 5 heteroatoms. The normalized spacial score (nSPS) is 12.6. The summed E-state index contributed by atoms with van der Waals surface area (Å²) in [6.45, 7) is 0. The average molecular weight is 675 g/mol. The van der Waals surface area contributed by atoms with Gasteiger partial charge < -0.3 is 0 Å². The van der Waals surface area contributed by atoms with Crippen LogP contribution in [0.4, 0.5) is 0 Å². The Kier molecular flexibility index (Phi) is 7.49. The molecule has 0 radical (unpaired) electrons. The maximum Gasteiger partial charge on any atom is 0.207 e. The summed E-state index contributed by atoms with van der Waals surface area (Å²) >= 11 is 0. The van der Waals surface area contributed by atoms with E-state index in [9.17, 15) is 8.42 Å². The van der Waals surface area contributed by atoms with Crippen molar-refractivity contribution >= 4 is 9.84 Å². The van der Waals surface area contributed by atoms with Crippen molar-refractivity contribution in [2.75, 3.05) is 0 Å². The van der Waals surface area contributed by atoms with Gasteiger partial charge >= 0.3 is 0 Å². The van der Waals surface area contributed by atoms with Crippen LogP contribution in [0.2, 0.25) is 0 Å². The monoisotopic (exact) mass is 674 g/mol. The minimum Gasteiger partial charge on any atom is -0.228 e. The van der Waals surface area contributed by atoms with Crippen LogP contribution in [0.5, 0.6) is 0 Å². The standard InChI is InChI=1S/C46H30N2O2S/c49-51(50)43-28-27-38(35-21-19-33(20-22-35)31-11-4-1-5-12-31)29-40(43)45-39(17-10-18-44(45)51)46-47-41(36-15-8-3-9-16-36)30-42(48-46)37-25-23-34(24-26-37)32-13-6-2-7-14-32/h1-30H. The molecular formula is C46H30N2O2S. The van der Waals surface area contributed by atoms with E-state index in [1.165, 1.54) is 0 Å². The zero-order chi connectivity index (χ0) is 34.4. The molecule has 2 heterocycles. The van der Waals surface area contributed by atoms with E-state index >= 15 is 0 Å². The molecule has 1 aromatic heterocycles. The molecule has 0 saturated heterocycles. The second-order valence-electron chi connectivity index (χ2n) is 12.6. The van der Waals surface area contributed by atoms with E-state index in [1.54, 1.807) is 18.2 Å². The number of sulfone groups is 1. The summed E-state index contributed by atoms with van der Waals surface area (Å²) in [4.78, 5) is 10.8. The second kappa shape index (κ2) is 12.5. The quantitative estimate of drug-likeness (QED) is 0.176. The van der Waals surface area contributed by atoms with Gasteiger partial charge in [0.15, 0.2) is 5.82 Å². The summed E-state index contributed by atoms with van der Waals surface area (Å²) in [5.74, 6) is 0.469. The van der Waals surface area contributed by atoms with E-state index < -0.39 is 9.84 Å². The highest BCUT2D eigenvalue weighted by molar-refractivity contribution is 7.92. The fourth-order valence-corrected chi connectivity index (χ4v) is 8.58. The van der Waals surface area contributed by atoms with Crippen LogP contribution in [0.15, 0.2) is 192 Å². The molecule has 1 aliphatic heterocycles. The molecule has 0 amide bonds. The summed E-state index contributed by atoms with van der Waals surface area (Å²) in [5.41, 5.74) is 11.8. The van der Waals surface area contributed by atoms with Crippen molar-refractivity contribution in [2.24, 2.45) is 0 Å². The lowest BCUT2D eigenvalue weighted by Gasteiger charge is -2.13. The molecule has 4 nitrogen and oxygen atoms in total. The van der Waals surface area contributed by atoms with Gasteiger partial charge in [0.25, 0.3) is 0 Å². The molecule has 0 spiro atoms. The van der Waals surface area contributed by atoms with Gasteiger partial charge in [-0.05, 0) is 57.6 Å². The van der Waals surface area contributed by atoms with Crippen molar-refractivity contribution in [3.63, 3.8) is 0 Å². The van der Waals surface area contributed by atoms with Crippen LogP contribution >= 0.6 is 0 Å². The maximum absolute atomic E-state index is 14.0. The van der Waals surface area contributed by atoms with E-state index in [4.69, 9.17) is 9.97 Å². The minimum atomic E-state index is -3.75. The number of nitrogens with zero attached hydrogens (tertiary/aromatic N) is 2.